The Bertz CT molecular complexity index is 1300. The van der Waals surface area contributed by atoms with Gasteiger partial charge in [0.05, 0.1) is 12.1 Å². The Kier molecular flexibility index (Phi) is 7.57. The standard InChI is InChI=1S/C29H36F3N3O2/c1-27(2,22-9-7-8-21(16-22)17-34-14-12-23(18-34)33(3)4)19-28(37,29(30,31)32)20-35-15-13-26(36)24-10-5-6-11-25(24)35/h5-11,13,15-16,23,37H,12,14,17-20H2,1-4H3. The van der Waals surface area contributed by atoms with Gasteiger partial charge in [0, 0.05) is 43.3 Å². The van der Waals surface area contributed by atoms with Crippen LogP contribution in [0.5, 0.6) is 0 Å². The Labute approximate surface area is 216 Å². The van der Waals surface area contributed by atoms with E-state index in [2.05, 4.69) is 23.9 Å². The molecular formula is C29H36F3N3O2. The molecule has 0 saturated carbocycles. The van der Waals surface area contributed by atoms with Crippen LogP contribution in [-0.4, -0.2) is 64.5 Å². The van der Waals surface area contributed by atoms with Gasteiger partial charge in [-0.2, -0.15) is 13.2 Å². The van der Waals surface area contributed by atoms with Crippen LogP contribution in [0.3, 0.4) is 0 Å². The van der Waals surface area contributed by atoms with Crippen molar-refractivity contribution in [2.45, 2.75) is 63.0 Å². The first-order valence-corrected chi connectivity index (χ1v) is 12.6. The maximum atomic E-state index is 14.4. The van der Waals surface area contributed by atoms with Gasteiger partial charge in [-0.25, -0.2) is 0 Å². The molecule has 2 atom stereocenters. The highest BCUT2D eigenvalue weighted by Gasteiger charge is 2.56. The second-order valence-electron chi connectivity index (χ2n) is 11.3. The molecule has 0 amide bonds. The van der Waals surface area contributed by atoms with Gasteiger partial charge in [-0.3, -0.25) is 9.69 Å². The zero-order valence-corrected chi connectivity index (χ0v) is 21.9. The van der Waals surface area contributed by atoms with E-state index in [9.17, 15) is 23.1 Å². The number of halogens is 3. The average molecular weight is 516 g/mol. The largest absolute Gasteiger partial charge is 0.418 e. The first-order chi connectivity index (χ1) is 17.3. The lowest BCUT2D eigenvalue weighted by atomic mass is 9.74. The van der Waals surface area contributed by atoms with E-state index >= 15 is 0 Å². The van der Waals surface area contributed by atoms with Gasteiger partial charge in [-0.05, 0) is 55.6 Å². The van der Waals surface area contributed by atoms with Gasteiger partial charge in [0.1, 0.15) is 0 Å². The maximum absolute atomic E-state index is 14.4. The maximum Gasteiger partial charge on any atom is 0.418 e. The monoisotopic (exact) mass is 515 g/mol. The van der Waals surface area contributed by atoms with Crippen LogP contribution < -0.4 is 5.43 Å². The molecular weight excluding hydrogens is 479 g/mol. The predicted octanol–water partition coefficient (Wildman–Crippen LogP) is 4.80. The van der Waals surface area contributed by atoms with Crippen LogP contribution in [0.2, 0.25) is 0 Å². The van der Waals surface area contributed by atoms with Crippen LogP contribution in [0.4, 0.5) is 13.2 Å². The highest BCUT2D eigenvalue weighted by atomic mass is 19.4. The molecule has 200 valence electrons. The zero-order chi connectivity index (χ0) is 27.0. The molecule has 1 N–H and O–H groups in total. The summed E-state index contributed by atoms with van der Waals surface area (Å²) < 4.78 is 44.6. The van der Waals surface area contributed by atoms with Crippen molar-refractivity contribution < 1.29 is 18.3 Å². The fraction of sp³-hybridized carbons (Fsp3) is 0.483. The molecule has 0 aliphatic carbocycles. The van der Waals surface area contributed by atoms with E-state index in [0.29, 0.717) is 16.9 Å². The summed E-state index contributed by atoms with van der Waals surface area (Å²) in [5.74, 6) is 0. The molecule has 1 aromatic heterocycles. The third-order valence-corrected chi connectivity index (χ3v) is 7.67. The lowest BCUT2D eigenvalue weighted by Gasteiger charge is -2.38. The summed E-state index contributed by atoms with van der Waals surface area (Å²) in [7, 11) is 4.16. The SMILES string of the molecule is CN(C)C1CCN(Cc2cccc(C(C)(C)CC(O)(Cn3ccc(=O)c4ccccc43)C(F)(F)F)c2)C1. The van der Waals surface area contributed by atoms with Gasteiger partial charge >= 0.3 is 6.18 Å². The molecule has 1 saturated heterocycles. The fourth-order valence-corrected chi connectivity index (χ4v) is 5.48. The van der Waals surface area contributed by atoms with Crippen LogP contribution in [0.15, 0.2) is 65.6 Å². The molecule has 8 heteroatoms. The topological polar surface area (TPSA) is 48.7 Å². The van der Waals surface area contributed by atoms with Crippen molar-refractivity contribution in [3.8, 4) is 0 Å². The van der Waals surface area contributed by atoms with E-state index in [-0.39, 0.29) is 5.43 Å². The zero-order valence-electron chi connectivity index (χ0n) is 21.9. The van der Waals surface area contributed by atoms with Gasteiger partial charge in [0.15, 0.2) is 11.0 Å². The molecule has 2 aromatic carbocycles. The minimum Gasteiger partial charge on any atom is -0.379 e. The molecule has 4 rings (SSSR count). The first-order valence-electron chi connectivity index (χ1n) is 12.6. The van der Waals surface area contributed by atoms with E-state index in [1.165, 1.54) is 16.8 Å². The Morgan fingerprint density at radius 3 is 2.46 bits per heavy atom. The summed E-state index contributed by atoms with van der Waals surface area (Å²) in [6.07, 6.45) is -2.98. The second-order valence-corrected chi connectivity index (χ2v) is 11.3. The van der Waals surface area contributed by atoms with E-state index in [1.54, 1.807) is 38.1 Å². The number of pyridine rings is 1. The van der Waals surface area contributed by atoms with Crippen molar-refractivity contribution in [3.05, 3.63) is 82.1 Å². The molecule has 0 spiro atoms. The molecule has 0 bridgehead atoms. The summed E-state index contributed by atoms with van der Waals surface area (Å²) in [6.45, 7) is 5.45. The number of para-hydroxylation sites is 1. The Morgan fingerprint density at radius 1 is 1.05 bits per heavy atom. The summed E-state index contributed by atoms with van der Waals surface area (Å²) in [5, 5.41) is 11.5. The van der Waals surface area contributed by atoms with Crippen LogP contribution in [0.25, 0.3) is 10.9 Å². The second kappa shape index (κ2) is 10.2. The number of likely N-dealkylation sites (tertiary alicyclic amines) is 1. The molecule has 2 heterocycles. The number of alkyl halides is 3. The van der Waals surface area contributed by atoms with Gasteiger partial charge in [0.2, 0.25) is 0 Å². The fourth-order valence-electron chi connectivity index (χ4n) is 5.48. The van der Waals surface area contributed by atoms with Crippen molar-refractivity contribution in [2.24, 2.45) is 0 Å². The van der Waals surface area contributed by atoms with E-state index in [4.69, 9.17) is 0 Å². The third kappa shape index (κ3) is 5.92. The number of aromatic nitrogens is 1. The summed E-state index contributed by atoms with van der Waals surface area (Å²) in [4.78, 5) is 16.8. The quantitative estimate of drug-likeness (QED) is 0.468. The van der Waals surface area contributed by atoms with Crippen molar-refractivity contribution in [2.75, 3.05) is 27.2 Å². The smallest absolute Gasteiger partial charge is 0.379 e. The summed E-state index contributed by atoms with van der Waals surface area (Å²) in [6, 6.07) is 16.0. The first kappa shape index (κ1) is 27.4. The van der Waals surface area contributed by atoms with Gasteiger partial charge < -0.3 is 14.6 Å². The van der Waals surface area contributed by atoms with Crippen LogP contribution in [-0.2, 0) is 18.5 Å². The number of aliphatic hydroxyl groups is 1. The number of nitrogens with zero attached hydrogens (tertiary/aromatic N) is 3. The molecule has 1 aliphatic heterocycles. The summed E-state index contributed by atoms with van der Waals surface area (Å²) in [5.41, 5.74) is -2.08. The number of hydrogen-bond acceptors (Lipinski definition) is 4. The van der Waals surface area contributed by atoms with E-state index in [0.717, 1.165) is 37.2 Å². The molecule has 0 radical (unpaired) electrons. The molecule has 37 heavy (non-hydrogen) atoms. The lowest BCUT2D eigenvalue weighted by molar-refractivity contribution is -0.271. The Hall–Kier alpha value is -2.68. The number of hydrogen-bond donors (Lipinski definition) is 1. The molecule has 1 fully saturated rings. The number of likely N-dealkylation sites (N-methyl/N-ethyl adjacent to an activating group) is 1. The number of benzene rings is 2. The number of fused-ring (bicyclic) bond motifs is 1. The number of rotatable bonds is 8. The van der Waals surface area contributed by atoms with Gasteiger partial charge in [-0.15, -0.1) is 0 Å². The van der Waals surface area contributed by atoms with Crippen molar-refractivity contribution in [3.63, 3.8) is 0 Å². The van der Waals surface area contributed by atoms with Crippen molar-refractivity contribution >= 4 is 10.9 Å². The van der Waals surface area contributed by atoms with Crippen LogP contribution in [0, 0.1) is 0 Å². The van der Waals surface area contributed by atoms with Gasteiger partial charge in [-0.1, -0.05) is 50.2 Å². The Morgan fingerprint density at radius 2 is 1.78 bits per heavy atom. The molecule has 3 aromatic rings. The minimum atomic E-state index is -4.87. The lowest BCUT2D eigenvalue weighted by Crippen LogP contribution is -2.52. The van der Waals surface area contributed by atoms with Crippen molar-refractivity contribution in [1.82, 2.24) is 14.4 Å². The third-order valence-electron chi connectivity index (χ3n) is 7.67. The van der Waals surface area contributed by atoms with E-state index in [1.807, 2.05) is 24.3 Å². The highest BCUT2D eigenvalue weighted by molar-refractivity contribution is 5.78. The Balaban J connectivity index is 1.59. The summed E-state index contributed by atoms with van der Waals surface area (Å²) >= 11 is 0. The van der Waals surface area contributed by atoms with Crippen LogP contribution in [0.1, 0.15) is 37.8 Å². The van der Waals surface area contributed by atoms with Crippen LogP contribution >= 0.6 is 0 Å². The average Bonchev–Trinajstić information content (AvgIpc) is 3.29. The molecule has 5 nitrogen and oxygen atoms in total. The van der Waals surface area contributed by atoms with Gasteiger partial charge in [0.25, 0.3) is 0 Å². The normalized spacial score (nSPS) is 19.0. The molecule has 1 aliphatic rings. The van der Waals surface area contributed by atoms with Crippen molar-refractivity contribution in [1.29, 1.82) is 0 Å². The molecule has 2 unspecified atom stereocenters. The van der Waals surface area contributed by atoms with E-state index < -0.39 is 30.2 Å². The predicted molar refractivity (Wildman–Crippen MR) is 141 cm³/mol. The minimum absolute atomic E-state index is 0.269. The highest BCUT2D eigenvalue weighted by Crippen LogP contribution is 2.42.